The van der Waals surface area contributed by atoms with E-state index in [1.165, 1.54) is 0 Å². The number of rotatable bonds is 3. The first-order chi connectivity index (χ1) is 6.20. The predicted molar refractivity (Wildman–Crippen MR) is 54.9 cm³/mol. The van der Waals surface area contributed by atoms with Crippen LogP contribution in [-0.2, 0) is 4.79 Å². The molecular weight excluding hydrogens is 184 g/mol. The highest BCUT2D eigenvalue weighted by Crippen LogP contribution is 2.02. The van der Waals surface area contributed by atoms with E-state index in [0.717, 1.165) is 5.56 Å². The summed E-state index contributed by atoms with van der Waals surface area (Å²) in [5, 5.41) is 7.74. The summed E-state index contributed by atoms with van der Waals surface area (Å²) in [6, 6.07) is 1.94. The Hall–Kier alpha value is -1.16. The third-order valence-corrected chi connectivity index (χ3v) is 2.16. The molecule has 0 spiro atoms. The van der Waals surface area contributed by atoms with Gasteiger partial charge >= 0.3 is 0 Å². The van der Waals surface area contributed by atoms with Crippen LogP contribution in [0.15, 0.2) is 21.9 Å². The van der Waals surface area contributed by atoms with Crippen molar-refractivity contribution in [1.29, 1.82) is 0 Å². The number of thiophene rings is 1. The monoisotopic (exact) mass is 196 g/mol. The minimum atomic E-state index is -0.0634. The van der Waals surface area contributed by atoms with E-state index in [1.807, 2.05) is 30.7 Å². The van der Waals surface area contributed by atoms with Crippen molar-refractivity contribution in [3.05, 3.63) is 22.4 Å². The quantitative estimate of drug-likeness (QED) is 0.582. The molecule has 0 fully saturated rings. The molecule has 0 atom stereocenters. The third-order valence-electron chi connectivity index (χ3n) is 1.46. The van der Waals surface area contributed by atoms with E-state index in [4.69, 9.17) is 0 Å². The van der Waals surface area contributed by atoms with Gasteiger partial charge in [-0.3, -0.25) is 4.79 Å². The van der Waals surface area contributed by atoms with Gasteiger partial charge in [-0.25, -0.2) is 5.43 Å². The Balaban J connectivity index is 2.39. The molecule has 0 unspecified atom stereocenters. The summed E-state index contributed by atoms with van der Waals surface area (Å²) < 4.78 is 0. The average molecular weight is 196 g/mol. The molecule has 1 N–H and O–H groups in total. The van der Waals surface area contributed by atoms with Crippen molar-refractivity contribution in [3.63, 3.8) is 0 Å². The Labute approximate surface area is 81.5 Å². The van der Waals surface area contributed by atoms with E-state index in [-0.39, 0.29) is 11.8 Å². The van der Waals surface area contributed by atoms with E-state index >= 15 is 0 Å². The lowest BCUT2D eigenvalue weighted by Gasteiger charge is -2.00. The molecule has 1 amide bonds. The zero-order valence-electron chi connectivity index (χ0n) is 7.65. The number of carbonyl (C=O) groups is 1. The van der Waals surface area contributed by atoms with Gasteiger partial charge in [-0.15, -0.1) is 0 Å². The predicted octanol–water partition coefficient (Wildman–Crippen LogP) is 1.85. The maximum Gasteiger partial charge on any atom is 0.242 e. The van der Waals surface area contributed by atoms with Crippen molar-refractivity contribution < 1.29 is 4.79 Å². The number of amides is 1. The minimum Gasteiger partial charge on any atom is -0.273 e. The largest absolute Gasteiger partial charge is 0.273 e. The summed E-state index contributed by atoms with van der Waals surface area (Å²) in [6.45, 7) is 3.66. The van der Waals surface area contributed by atoms with Gasteiger partial charge in [0.1, 0.15) is 0 Å². The lowest BCUT2D eigenvalue weighted by Crippen LogP contribution is -2.22. The number of nitrogens with one attached hydrogen (secondary N) is 1. The van der Waals surface area contributed by atoms with E-state index < -0.39 is 0 Å². The van der Waals surface area contributed by atoms with Crippen LogP contribution in [0.3, 0.4) is 0 Å². The van der Waals surface area contributed by atoms with Gasteiger partial charge < -0.3 is 0 Å². The number of hydrogen-bond donors (Lipinski definition) is 1. The lowest BCUT2D eigenvalue weighted by atomic mass is 10.2. The van der Waals surface area contributed by atoms with Crippen LogP contribution in [0.1, 0.15) is 19.4 Å². The normalized spacial score (nSPS) is 11.0. The van der Waals surface area contributed by atoms with Crippen molar-refractivity contribution in [1.82, 2.24) is 5.43 Å². The summed E-state index contributed by atoms with van der Waals surface area (Å²) in [7, 11) is 0. The van der Waals surface area contributed by atoms with Crippen molar-refractivity contribution in [3.8, 4) is 0 Å². The second kappa shape index (κ2) is 4.77. The minimum absolute atomic E-state index is 0.0281. The van der Waals surface area contributed by atoms with Gasteiger partial charge in [-0.05, 0) is 16.8 Å². The Bertz CT molecular complexity index is 291. The third kappa shape index (κ3) is 3.38. The molecule has 0 radical (unpaired) electrons. The smallest absolute Gasteiger partial charge is 0.242 e. The van der Waals surface area contributed by atoms with Gasteiger partial charge in [-0.2, -0.15) is 16.4 Å². The van der Waals surface area contributed by atoms with Crippen LogP contribution < -0.4 is 5.43 Å². The van der Waals surface area contributed by atoms with Gasteiger partial charge in [0.25, 0.3) is 0 Å². The Kier molecular flexibility index (Phi) is 3.64. The van der Waals surface area contributed by atoms with Crippen LogP contribution >= 0.6 is 11.3 Å². The molecule has 1 aromatic rings. The van der Waals surface area contributed by atoms with Crippen molar-refractivity contribution >= 4 is 23.5 Å². The maximum atomic E-state index is 11.0. The fourth-order valence-electron chi connectivity index (χ4n) is 0.648. The molecule has 3 nitrogen and oxygen atoms in total. The standard InChI is InChI=1S/C9H12N2OS/c1-7(2)9(12)11-10-5-8-3-4-13-6-8/h3-7H,1-2H3,(H,11,12). The van der Waals surface area contributed by atoms with Crippen LogP contribution in [0.4, 0.5) is 0 Å². The molecule has 0 saturated carbocycles. The molecule has 1 rings (SSSR count). The fourth-order valence-corrected chi connectivity index (χ4v) is 1.26. The molecule has 0 aliphatic rings. The molecule has 0 aromatic carbocycles. The summed E-state index contributed by atoms with van der Waals surface area (Å²) >= 11 is 1.60. The first kappa shape index (κ1) is 9.92. The zero-order valence-corrected chi connectivity index (χ0v) is 8.47. The van der Waals surface area contributed by atoms with Gasteiger partial charge in [0.2, 0.25) is 5.91 Å². The average Bonchev–Trinajstić information content (AvgIpc) is 2.56. The molecule has 0 saturated heterocycles. The number of carbonyl (C=O) groups excluding carboxylic acids is 1. The summed E-state index contributed by atoms with van der Waals surface area (Å²) in [5.74, 6) is -0.0916. The Morgan fingerprint density at radius 1 is 1.69 bits per heavy atom. The van der Waals surface area contributed by atoms with E-state index in [1.54, 1.807) is 17.6 Å². The van der Waals surface area contributed by atoms with Crippen molar-refractivity contribution in [2.75, 3.05) is 0 Å². The Morgan fingerprint density at radius 2 is 2.46 bits per heavy atom. The van der Waals surface area contributed by atoms with Crippen LogP contribution in [-0.4, -0.2) is 12.1 Å². The van der Waals surface area contributed by atoms with E-state index in [0.29, 0.717) is 0 Å². The highest BCUT2D eigenvalue weighted by molar-refractivity contribution is 7.08. The van der Waals surface area contributed by atoms with Crippen LogP contribution in [0.5, 0.6) is 0 Å². The highest BCUT2D eigenvalue weighted by atomic mass is 32.1. The molecule has 70 valence electrons. The fraction of sp³-hybridized carbons (Fsp3) is 0.333. The van der Waals surface area contributed by atoms with Crippen molar-refractivity contribution in [2.24, 2.45) is 11.0 Å². The first-order valence-electron chi connectivity index (χ1n) is 4.05. The molecule has 0 bridgehead atoms. The zero-order chi connectivity index (χ0) is 9.68. The molecule has 4 heteroatoms. The second-order valence-corrected chi connectivity index (χ2v) is 3.73. The summed E-state index contributed by atoms with van der Waals surface area (Å²) in [4.78, 5) is 11.0. The maximum absolute atomic E-state index is 11.0. The summed E-state index contributed by atoms with van der Waals surface area (Å²) in [5.41, 5.74) is 3.46. The van der Waals surface area contributed by atoms with Crippen molar-refractivity contribution in [2.45, 2.75) is 13.8 Å². The van der Waals surface area contributed by atoms with Gasteiger partial charge in [0.05, 0.1) is 6.21 Å². The SMILES string of the molecule is CC(C)C(=O)NN=Cc1ccsc1. The van der Waals surface area contributed by atoms with Gasteiger partial charge in [0.15, 0.2) is 0 Å². The highest BCUT2D eigenvalue weighted by Gasteiger charge is 2.03. The first-order valence-corrected chi connectivity index (χ1v) is 4.99. The van der Waals surface area contributed by atoms with Gasteiger partial charge in [-0.1, -0.05) is 13.8 Å². The number of hydrazone groups is 1. The lowest BCUT2D eigenvalue weighted by molar-refractivity contribution is -0.123. The Morgan fingerprint density at radius 3 is 3.00 bits per heavy atom. The molecule has 1 heterocycles. The summed E-state index contributed by atoms with van der Waals surface area (Å²) in [6.07, 6.45) is 1.64. The van der Waals surface area contributed by atoms with E-state index in [9.17, 15) is 4.79 Å². The molecule has 1 aromatic heterocycles. The number of hydrogen-bond acceptors (Lipinski definition) is 3. The molecular formula is C9H12N2OS. The van der Waals surface area contributed by atoms with Gasteiger partial charge in [0, 0.05) is 11.5 Å². The van der Waals surface area contributed by atoms with Crippen LogP contribution in [0.2, 0.25) is 0 Å². The molecule has 0 aliphatic carbocycles. The van der Waals surface area contributed by atoms with Crippen LogP contribution in [0, 0.1) is 5.92 Å². The van der Waals surface area contributed by atoms with Crippen LogP contribution in [0.25, 0.3) is 0 Å². The number of nitrogens with zero attached hydrogens (tertiary/aromatic N) is 1. The topological polar surface area (TPSA) is 41.5 Å². The second-order valence-electron chi connectivity index (χ2n) is 2.95. The van der Waals surface area contributed by atoms with E-state index in [2.05, 4.69) is 10.5 Å². The molecule has 0 aliphatic heterocycles. The molecule has 13 heavy (non-hydrogen) atoms.